The average Bonchev–Trinajstić information content (AvgIpc) is 2.96. The smallest absolute Gasteiger partial charge is 0.324 e. The number of fused-ring (bicyclic) bond motifs is 1. The number of halogens is 2. The van der Waals surface area contributed by atoms with Crippen molar-refractivity contribution in [1.29, 1.82) is 0 Å². The van der Waals surface area contributed by atoms with Crippen molar-refractivity contribution in [2.45, 2.75) is 6.54 Å². The molecule has 0 atom stereocenters. The number of imidazole rings is 1. The lowest BCUT2D eigenvalue weighted by Crippen LogP contribution is -2.37. The second-order valence-corrected chi connectivity index (χ2v) is 6.53. The second-order valence-electron chi connectivity index (χ2n) is 5.82. The molecule has 0 fully saturated rings. The van der Waals surface area contributed by atoms with Gasteiger partial charge in [0, 0.05) is 25.8 Å². The Hall–Kier alpha value is -3.35. The Kier molecular flexibility index (Phi) is 4.85. The van der Waals surface area contributed by atoms with Crippen molar-refractivity contribution in [2.24, 2.45) is 14.1 Å². The molecule has 0 bridgehead atoms. The van der Waals surface area contributed by atoms with Crippen LogP contribution in [0, 0.1) is 15.9 Å². The zero-order valence-electron chi connectivity index (χ0n) is 14.5. The molecule has 11 nitrogen and oxygen atoms in total. The standard InChI is InChI=1S/C15H12BrFN6O5/c1-20-12-11(13(25)21(2)15(20)26)19-14(16)22(12)6-10(24)18-7-3-4-8(17)9(5-7)23(27)28/h3-5H,6H2,1-2H3,(H,18,24). The van der Waals surface area contributed by atoms with E-state index in [-0.39, 0.29) is 28.1 Å². The number of nitrogens with one attached hydrogen (secondary N) is 1. The summed E-state index contributed by atoms with van der Waals surface area (Å²) in [5.41, 5.74) is -1.86. The molecule has 1 aromatic carbocycles. The van der Waals surface area contributed by atoms with Crippen LogP contribution < -0.4 is 16.6 Å². The summed E-state index contributed by atoms with van der Waals surface area (Å²) in [5.74, 6) is -1.66. The van der Waals surface area contributed by atoms with Crippen LogP contribution in [0.2, 0.25) is 0 Å². The first-order chi connectivity index (χ1) is 13.1. The highest BCUT2D eigenvalue weighted by molar-refractivity contribution is 9.10. The van der Waals surface area contributed by atoms with Gasteiger partial charge in [-0.1, -0.05) is 0 Å². The van der Waals surface area contributed by atoms with E-state index in [4.69, 9.17) is 0 Å². The summed E-state index contributed by atoms with van der Waals surface area (Å²) in [7, 11) is 2.74. The van der Waals surface area contributed by atoms with Crippen LogP contribution in [0.4, 0.5) is 15.8 Å². The third-order valence-electron chi connectivity index (χ3n) is 4.02. The van der Waals surface area contributed by atoms with Crippen LogP contribution in [0.25, 0.3) is 11.2 Å². The number of carbonyl (C=O) groups excluding carboxylic acids is 1. The quantitative estimate of drug-likeness (QED) is 0.353. The van der Waals surface area contributed by atoms with E-state index in [1.165, 1.54) is 29.3 Å². The maximum absolute atomic E-state index is 13.4. The fourth-order valence-corrected chi connectivity index (χ4v) is 3.15. The highest BCUT2D eigenvalue weighted by Gasteiger charge is 2.20. The van der Waals surface area contributed by atoms with Crippen LogP contribution in [0.1, 0.15) is 0 Å². The van der Waals surface area contributed by atoms with Gasteiger partial charge >= 0.3 is 11.4 Å². The monoisotopic (exact) mass is 454 g/mol. The number of nitro groups is 1. The lowest BCUT2D eigenvalue weighted by atomic mass is 10.2. The summed E-state index contributed by atoms with van der Waals surface area (Å²) in [6.45, 7) is -0.358. The molecule has 1 N–H and O–H groups in total. The zero-order valence-corrected chi connectivity index (χ0v) is 16.1. The predicted molar refractivity (Wildman–Crippen MR) is 99.6 cm³/mol. The number of nitrogens with zero attached hydrogens (tertiary/aromatic N) is 5. The van der Waals surface area contributed by atoms with Gasteiger partial charge in [0.25, 0.3) is 5.56 Å². The largest absolute Gasteiger partial charge is 0.332 e. The highest BCUT2D eigenvalue weighted by Crippen LogP contribution is 2.22. The van der Waals surface area contributed by atoms with Crippen molar-refractivity contribution in [3.63, 3.8) is 0 Å². The maximum atomic E-state index is 13.4. The minimum atomic E-state index is -1.03. The molecule has 3 rings (SSSR count). The Balaban J connectivity index is 1.98. The molecule has 1 amide bonds. The molecule has 0 aliphatic carbocycles. The lowest BCUT2D eigenvalue weighted by Gasteiger charge is -2.10. The van der Waals surface area contributed by atoms with Gasteiger partial charge < -0.3 is 5.32 Å². The summed E-state index contributed by atoms with van der Waals surface area (Å²) in [6.07, 6.45) is 0. The number of hydrogen-bond acceptors (Lipinski definition) is 6. The van der Waals surface area contributed by atoms with Gasteiger partial charge in [-0.2, -0.15) is 4.39 Å². The Morgan fingerprint density at radius 1 is 1.32 bits per heavy atom. The minimum Gasteiger partial charge on any atom is -0.324 e. The topological polar surface area (TPSA) is 134 Å². The lowest BCUT2D eigenvalue weighted by molar-refractivity contribution is -0.387. The Bertz CT molecular complexity index is 1260. The van der Waals surface area contributed by atoms with Gasteiger partial charge in [-0.3, -0.25) is 33.4 Å². The number of anilines is 1. The van der Waals surface area contributed by atoms with Crippen molar-refractivity contribution in [3.8, 4) is 0 Å². The van der Waals surface area contributed by atoms with Crippen LogP contribution in [0.5, 0.6) is 0 Å². The van der Waals surface area contributed by atoms with Gasteiger partial charge in [-0.05, 0) is 28.1 Å². The first-order valence-corrected chi connectivity index (χ1v) is 8.46. The first-order valence-electron chi connectivity index (χ1n) is 7.67. The van der Waals surface area contributed by atoms with Gasteiger partial charge in [0.15, 0.2) is 15.9 Å². The Morgan fingerprint density at radius 2 is 2.00 bits per heavy atom. The normalized spacial score (nSPS) is 11.0. The number of nitro benzene ring substituents is 1. The zero-order chi connectivity index (χ0) is 20.7. The number of amides is 1. The van der Waals surface area contributed by atoms with Crippen LogP contribution in [-0.4, -0.2) is 29.5 Å². The molecule has 0 aliphatic rings. The summed E-state index contributed by atoms with van der Waals surface area (Å²) in [6, 6.07) is 2.93. The summed E-state index contributed by atoms with van der Waals surface area (Å²) >= 11 is 3.15. The molecule has 3 aromatic rings. The number of benzene rings is 1. The fraction of sp³-hybridized carbons (Fsp3) is 0.200. The van der Waals surface area contributed by atoms with E-state index in [1.54, 1.807) is 0 Å². The van der Waals surface area contributed by atoms with E-state index in [2.05, 4.69) is 26.2 Å². The van der Waals surface area contributed by atoms with Crippen molar-refractivity contribution in [2.75, 3.05) is 5.32 Å². The molecular weight excluding hydrogens is 443 g/mol. The van der Waals surface area contributed by atoms with E-state index in [1.807, 2.05) is 0 Å². The molecule has 13 heteroatoms. The third-order valence-corrected chi connectivity index (χ3v) is 4.63. The summed E-state index contributed by atoms with van der Waals surface area (Å²) in [4.78, 5) is 50.7. The molecule has 0 unspecified atom stereocenters. The van der Waals surface area contributed by atoms with E-state index in [0.717, 1.165) is 16.7 Å². The van der Waals surface area contributed by atoms with Crippen molar-refractivity contribution in [1.82, 2.24) is 18.7 Å². The second kappa shape index (κ2) is 6.99. The SMILES string of the molecule is Cn1c(=O)c2nc(Br)n(CC(=O)Nc3ccc(F)c([N+](=O)[O-])c3)c2n(C)c1=O. The van der Waals surface area contributed by atoms with E-state index in [0.29, 0.717) is 0 Å². The van der Waals surface area contributed by atoms with Crippen molar-refractivity contribution in [3.05, 3.63) is 59.7 Å². The molecule has 0 aliphatic heterocycles. The van der Waals surface area contributed by atoms with Crippen LogP contribution >= 0.6 is 15.9 Å². The van der Waals surface area contributed by atoms with Gasteiger partial charge in [0.05, 0.1) is 4.92 Å². The number of hydrogen-bond donors (Lipinski definition) is 1. The van der Waals surface area contributed by atoms with Gasteiger partial charge in [-0.25, -0.2) is 9.78 Å². The fourth-order valence-electron chi connectivity index (χ4n) is 2.68. The number of rotatable bonds is 4. The van der Waals surface area contributed by atoms with E-state index >= 15 is 0 Å². The predicted octanol–water partition coefficient (Wildman–Crippen LogP) is 0.882. The van der Waals surface area contributed by atoms with E-state index in [9.17, 15) is 28.9 Å². The van der Waals surface area contributed by atoms with Gasteiger partial charge in [0.2, 0.25) is 11.7 Å². The molecule has 0 radical (unpaired) electrons. The Labute approximate surface area is 163 Å². The molecule has 28 heavy (non-hydrogen) atoms. The minimum absolute atomic E-state index is 0.0123. The van der Waals surface area contributed by atoms with Crippen molar-refractivity contribution < 1.29 is 14.1 Å². The molecule has 0 saturated carbocycles. The molecule has 0 saturated heterocycles. The molecular formula is C15H12BrFN6O5. The molecule has 2 aromatic heterocycles. The number of carbonyl (C=O) groups is 1. The van der Waals surface area contributed by atoms with E-state index < -0.39 is 33.6 Å². The third kappa shape index (κ3) is 3.19. The van der Waals surface area contributed by atoms with Crippen LogP contribution in [-0.2, 0) is 25.4 Å². The highest BCUT2D eigenvalue weighted by atomic mass is 79.9. The average molecular weight is 455 g/mol. The van der Waals surface area contributed by atoms with Gasteiger partial charge in [-0.15, -0.1) is 0 Å². The molecule has 2 heterocycles. The molecule has 0 spiro atoms. The Morgan fingerprint density at radius 3 is 2.64 bits per heavy atom. The number of aromatic nitrogens is 4. The first kappa shape index (κ1) is 19.4. The van der Waals surface area contributed by atoms with Gasteiger partial charge in [0.1, 0.15) is 6.54 Å². The molecule has 146 valence electrons. The summed E-state index contributed by atoms with van der Waals surface area (Å²) in [5, 5.41) is 13.2. The number of aryl methyl sites for hydroxylation is 1. The maximum Gasteiger partial charge on any atom is 0.332 e. The summed E-state index contributed by atoms with van der Waals surface area (Å²) < 4.78 is 16.9. The van der Waals surface area contributed by atoms with Crippen LogP contribution in [0.3, 0.4) is 0 Å². The van der Waals surface area contributed by atoms with Crippen molar-refractivity contribution >= 4 is 44.4 Å². The van der Waals surface area contributed by atoms with Crippen LogP contribution in [0.15, 0.2) is 32.5 Å².